The van der Waals surface area contributed by atoms with Crippen LogP contribution >= 0.6 is 11.3 Å². The summed E-state index contributed by atoms with van der Waals surface area (Å²) >= 11 is 1.77. The molecule has 12 rings (SSSR count). The molecule has 59 heavy (non-hydrogen) atoms. The van der Waals surface area contributed by atoms with Crippen molar-refractivity contribution in [2.45, 2.75) is 63.1 Å². The van der Waals surface area contributed by atoms with E-state index in [4.69, 9.17) is 19.4 Å². The number of furan rings is 1. The molecule has 6 nitrogen and oxygen atoms in total. The third kappa shape index (κ3) is 5.47. The van der Waals surface area contributed by atoms with Crippen LogP contribution in [0.2, 0.25) is 0 Å². The Kier molecular flexibility index (Phi) is 8.19. The van der Waals surface area contributed by atoms with E-state index < -0.39 is 0 Å². The van der Waals surface area contributed by atoms with Crippen LogP contribution in [0.25, 0.3) is 64.9 Å². The van der Waals surface area contributed by atoms with Crippen molar-refractivity contribution in [1.29, 1.82) is 0 Å². The first-order chi connectivity index (χ1) is 29.2. The molecule has 5 unspecified atom stereocenters. The van der Waals surface area contributed by atoms with Gasteiger partial charge in [-0.1, -0.05) is 128 Å². The zero-order valence-electron chi connectivity index (χ0n) is 32.9. The molecule has 0 saturated heterocycles. The molecule has 3 aromatic heterocycles. The molecule has 1 N–H and O–H groups in total. The number of para-hydroxylation sites is 1. The molecular formula is C52H43N5OS. The zero-order valence-corrected chi connectivity index (χ0v) is 33.7. The van der Waals surface area contributed by atoms with E-state index in [2.05, 4.69) is 157 Å². The lowest BCUT2D eigenvalue weighted by molar-refractivity contribution is 0.325. The van der Waals surface area contributed by atoms with Crippen LogP contribution < -0.4 is 10.2 Å². The maximum atomic E-state index is 6.85. The van der Waals surface area contributed by atoms with Crippen LogP contribution in [0.3, 0.4) is 0 Å². The molecule has 0 saturated carbocycles. The SMILES string of the molecule is CCC1C(C2=CC=CCC2)N=C(N2c3ccccc3C3CCC=CC32)NC1c1cccc2oc3cccc(-c4nc(-c5ccccc5)nc5c4sc4ccccc45)c3c12. The smallest absolute Gasteiger partial charge is 0.200 e. The quantitative estimate of drug-likeness (QED) is 0.176. The maximum Gasteiger partial charge on any atom is 0.200 e. The fraction of sp³-hybridized carbons (Fsp3) is 0.212. The van der Waals surface area contributed by atoms with Crippen LogP contribution in [0.1, 0.15) is 62.1 Å². The van der Waals surface area contributed by atoms with Gasteiger partial charge in [-0.3, -0.25) is 0 Å². The monoisotopic (exact) mass is 785 g/mol. The summed E-state index contributed by atoms with van der Waals surface area (Å²) in [5.74, 6) is 2.35. The van der Waals surface area contributed by atoms with Gasteiger partial charge in [-0.05, 0) is 73.1 Å². The first-order valence-electron chi connectivity index (χ1n) is 21.2. The number of benzene rings is 5. The number of aromatic nitrogens is 2. The Morgan fingerprint density at radius 1 is 0.797 bits per heavy atom. The van der Waals surface area contributed by atoms with Crippen LogP contribution in [0.5, 0.6) is 0 Å². The Hall–Kier alpha value is -6.31. The normalized spacial score (nSPS) is 22.5. The minimum Gasteiger partial charge on any atom is -0.456 e. The van der Waals surface area contributed by atoms with Gasteiger partial charge in [0.15, 0.2) is 11.8 Å². The number of guanidine groups is 1. The highest BCUT2D eigenvalue weighted by molar-refractivity contribution is 7.26. The molecular weight excluding hydrogens is 743 g/mol. The molecule has 7 heteroatoms. The number of anilines is 1. The number of thiophene rings is 1. The Labute approximate surface area is 347 Å². The molecule has 2 aliphatic heterocycles. The summed E-state index contributed by atoms with van der Waals surface area (Å²) in [6.45, 7) is 2.33. The van der Waals surface area contributed by atoms with Crippen molar-refractivity contribution in [3.8, 4) is 22.6 Å². The molecule has 2 aliphatic carbocycles. The van der Waals surface area contributed by atoms with Crippen molar-refractivity contribution in [3.63, 3.8) is 0 Å². The summed E-state index contributed by atoms with van der Waals surface area (Å²) in [6, 6.07) is 41.2. The van der Waals surface area contributed by atoms with Crippen molar-refractivity contribution >= 4 is 65.2 Å². The van der Waals surface area contributed by atoms with Crippen molar-refractivity contribution in [3.05, 3.63) is 162 Å². The number of aliphatic imine (C=N–C) groups is 1. The third-order valence-electron chi connectivity index (χ3n) is 13.2. The average molecular weight is 786 g/mol. The predicted octanol–water partition coefficient (Wildman–Crippen LogP) is 13.1. The van der Waals surface area contributed by atoms with E-state index in [-0.39, 0.29) is 24.0 Å². The van der Waals surface area contributed by atoms with Gasteiger partial charge in [0.05, 0.1) is 34.0 Å². The van der Waals surface area contributed by atoms with Crippen molar-refractivity contribution < 1.29 is 4.42 Å². The summed E-state index contributed by atoms with van der Waals surface area (Å²) in [5.41, 5.74) is 11.1. The average Bonchev–Trinajstić information content (AvgIpc) is 3.99. The van der Waals surface area contributed by atoms with Crippen LogP contribution in [-0.4, -0.2) is 28.0 Å². The minimum absolute atomic E-state index is 0.0322. The van der Waals surface area contributed by atoms with E-state index in [1.54, 1.807) is 11.3 Å². The van der Waals surface area contributed by atoms with E-state index >= 15 is 0 Å². The molecule has 5 atom stereocenters. The number of hydrogen-bond donors (Lipinski definition) is 1. The fourth-order valence-electron chi connectivity index (χ4n) is 10.5. The molecule has 0 radical (unpaired) electrons. The van der Waals surface area contributed by atoms with Gasteiger partial charge >= 0.3 is 0 Å². The fourth-order valence-corrected chi connectivity index (χ4v) is 11.7. The van der Waals surface area contributed by atoms with E-state index in [1.807, 2.05) is 6.07 Å². The van der Waals surface area contributed by atoms with Crippen LogP contribution in [0.15, 0.2) is 161 Å². The van der Waals surface area contributed by atoms with E-state index in [0.29, 0.717) is 5.92 Å². The summed E-state index contributed by atoms with van der Waals surface area (Å²) < 4.78 is 9.14. The molecule has 5 heterocycles. The van der Waals surface area contributed by atoms with Gasteiger partial charge in [0.1, 0.15) is 11.2 Å². The van der Waals surface area contributed by atoms with Crippen molar-refractivity contribution in [2.24, 2.45) is 10.9 Å². The van der Waals surface area contributed by atoms with Crippen molar-refractivity contribution in [1.82, 2.24) is 15.3 Å². The first kappa shape index (κ1) is 34.7. The highest BCUT2D eigenvalue weighted by atomic mass is 32.1. The molecule has 0 amide bonds. The van der Waals surface area contributed by atoms with Gasteiger partial charge in [0.2, 0.25) is 0 Å². The second kappa shape index (κ2) is 13.9. The van der Waals surface area contributed by atoms with E-state index in [1.165, 1.54) is 27.1 Å². The maximum absolute atomic E-state index is 6.85. The lowest BCUT2D eigenvalue weighted by atomic mass is 9.78. The molecule has 288 valence electrons. The predicted molar refractivity (Wildman–Crippen MR) is 244 cm³/mol. The van der Waals surface area contributed by atoms with Gasteiger partial charge in [-0.2, -0.15) is 0 Å². The number of allylic oxidation sites excluding steroid dienone is 4. The Morgan fingerprint density at radius 3 is 2.49 bits per heavy atom. The summed E-state index contributed by atoms with van der Waals surface area (Å²) in [5, 5.41) is 7.55. The highest BCUT2D eigenvalue weighted by Crippen LogP contribution is 2.50. The number of fused-ring (bicyclic) bond motifs is 9. The van der Waals surface area contributed by atoms with Gasteiger partial charge in [0, 0.05) is 49.5 Å². The van der Waals surface area contributed by atoms with Gasteiger partial charge in [-0.25, -0.2) is 15.0 Å². The Balaban J connectivity index is 1.09. The highest BCUT2D eigenvalue weighted by Gasteiger charge is 2.45. The molecule has 5 aromatic carbocycles. The van der Waals surface area contributed by atoms with E-state index in [9.17, 15) is 0 Å². The molecule has 0 bridgehead atoms. The first-order valence-corrected chi connectivity index (χ1v) is 22.0. The molecule has 0 spiro atoms. The van der Waals surface area contributed by atoms with Gasteiger partial charge in [-0.15, -0.1) is 11.3 Å². The molecule has 8 aromatic rings. The summed E-state index contributed by atoms with van der Waals surface area (Å²) in [7, 11) is 0. The molecule has 4 aliphatic rings. The number of nitrogens with zero attached hydrogens (tertiary/aromatic N) is 4. The standard InChI is InChI=1S/C52H43N5OS/c1-2-33-46(31-17-5-3-6-18-31)55-52(57-39-26-12-9-21-34(39)35-22-10-13-27-40(35)57)56-47(33)37-24-15-28-41-44(37)45-38(25-16-29-42(45)58-41)49-50-48(36-23-11-14-30-43(36)59-50)53-51(54-49)32-19-7-4-8-20-32/h3-5,7-9,11-17,19-21,23-30,33,35,40,46-47H,2,6,10,18,22H2,1H3,(H,55,56). The lowest BCUT2D eigenvalue weighted by Crippen LogP contribution is -2.53. The van der Waals surface area contributed by atoms with Gasteiger partial charge < -0.3 is 14.6 Å². The minimum atomic E-state index is -0.0322. The zero-order chi connectivity index (χ0) is 39.0. The second-order valence-corrected chi connectivity index (χ2v) is 17.4. The van der Waals surface area contributed by atoms with Crippen molar-refractivity contribution in [2.75, 3.05) is 4.90 Å². The third-order valence-corrected chi connectivity index (χ3v) is 14.4. The number of rotatable bonds is 5. The summed E-state index contributed by atoms with van der Waals surface area (Å²) in [6.07, 6.45) is 16.9. The lowest BCUT2D eigenvalue weighted by Gasteiger charge is -2.43. The van der Waals surface area contributed by atoms with Gasteiger partial charge in [0.25, 0.3) is 0 Å². The summed E-state index contributed by atoms with van der Waals surface area (Å²) in [4.78, 5) is 18.9. The second-order valence-electron chi connectivity index (χ2n) is 16.4. The van der Waals surface area contributed by atoms with E-state index in [0.717, 1.165) is 98.3 Å². The number of hydrogen-bond acceptors (Lipinski definition) is 7. The molecule has 0 fully saturated rings. The number of nitrogens with one attached hydrogen (secondary N) is 1. The van der Waals surface area contributed by atoms with Crippen LogP contribution in [0.4, 0.5) is 5.69 Å². The topological polar surface area (TPSA) is 66.5 Å². The van der Waals surface area contributed by atoms with Crippen LogP contribution in [-0.2, 0) is 0 Å². The van der Waals surface area contributed by atoms with Crippen LogP contribution in [0, 0.1) is 5.92 Å². The Morgan fingerprint density at radius 2 is 1.61 bits per heavy atom. The Bertz CT molecular complexity index is 3080. The largest absolute Gasteiger partial charge is 0.456 e.